The Kier molecular flexibility index (Phi) is 14.6. The van der Waals surface area contributed by atoms with Gasteiger partial charge in [-0.1, -0.05) is 43.7 Å². The molecule has 2 atom stereocenters. The molecule has 2 amide bonds. The first kappa shape index (κ1) is 29.2. The highest BCUT2D eigenvalue weighted by Gasteiger charge is 2.28. The second-order valence-corrected chi connectivity index (χ2v) is 9.69. The Morgan fingerprint density at radius 1 is 1.06 bits per heavy atom. The molecule has 1 aromatic carbocycles. The second kappa shape index (κ2) is 17.4. The number of amides is 2. The summed E-state index contributed by atoms with van der Waals surface area (Å²) in [7, 11) is 1.61. The van der Waals surface area contributed by atoms with Crippen molar-refractivity contribution in [3.8, 4) is 0 Å². The molecule has 35 heavy (non-hydrogen) atoms. The third-order valence-corrected chi connectivity index (χ3v) is 6.81. The van der Waals surface area contributed by atoms with E-state index in [2.05, 4.69) is 24.4 Å². The van der Waals surface area contributed by atoms with Crippen LogP contribution in [0, 0.1) is 17.8 Å². The van der Waals surface area contributed by atoms with Crippen LogP contribution in [0.5, 0.6) is 0 Å². The maximum absolute atomic E-state index is 13.0. The van der Waals surface area contributed by atoms with Crippen molar-refractivity contribution in [3.63, 3.8) is 0 Å². The molecule has 0 aromatic heterocycles. The van der Waals surface area contributed by atoms with Crippen LogP contribution in [0.15, 0.2) is 30.3 Å². The molecular weight excluding hydrogens is 448 g/mol. The van der Waals surface area contributed by atoms with Gasteiger partial charge in [0.2, 0.25) is 11.8 Å². The summed E-state index contributed by atoms with van der Waals surface area (Å²) in [5.74, 6) is -0.158. The zero-order valence-electron chi connectivity index (χ0n) is 21.4. The molecule has 0 bridgehead atoms. The van der Waals surface area contributed by atoms with Crippen LogP contribution in [0.3, 0.4) is 0 Å². The lowest BCUT2D eigenvalue weighted by Crippen LogP contribution is -2.45. The van der Waals surface area contributed by atoms with Crippen molar-refractivity contribution < 1.29 is 29.0 Å². The monoisotopic (exact) mass is 492 g/mol. The maximum atomic E-state index is 13.0. The molecule has 0 unspecified atom stereocenters. The van der Waals surface area contributed by atoms with Crippen molar-refractivity contribution in [2.45, 2.75) is 70.8 Å². The first-order chi connectivity index (χ1) is 17.0. The third-order valence-electron chi connectivity index (χ3n) is 6.81. The second-order valence-electron chi connectivity index (χ2n) is 9.69. The SMILES string of the molecule is COCCOCOC[C@H](C[C@H](CCCCc1ccccc1)C(=O)NO)NC(=O)[C@H]1CC[C@H](C)CC1. The fourth-order valence-electron chi connectivity index (χ4n) is 4.62. The molecule has 1 saturated carbocycles. The quantitative estimate of drug-likeness (QED) is 0.132. The Balaban J connectivity index is 1.90. The Morgan fingerprint density at radius 2 is 1.80 bits per heavy atom. The van der Waals surface area contributed by atoms with Gasteiger partial charge in [0.25, 0.3) is 0 Å². The summed E-state index contributed by atoms with van der Waals surface area (Å²) in [5.41, 5.74) is 3.08. The van der Waals surface area contributed by atoms with Gasteiger partial charge < -0.3 is 19.5 Å². The van der Waals surface area contributed by atoms with Crippen molar-refractivity contribution >= 4 is 11.8 Å². The van der Waals surface area contributed by atoms with E-state index >= 15 is 0 Å². The van der Waals surface area contributed by atoms with Crippen LogP contribution in [0.1, 0.15) is 63.9 Å². The molecule has 8 nitrogen and oxygen atoms in total. The van der Waals surface area contributed by atoms with Gasteiger partial charge >= 0.3 is 0 Å². The lowest BCUT2D eigenvalue weighted by molar-refractivity contribution is -0.135. The summed E-state index contributed by atoms with van der Waals surface area (Å²) in [6, 6.07) is 9.90. The number of benzene rings is 1. The van der Waals surface area contributed by atoms with E-state index in [0.717, 1.165) is 44.9 Å². The topological polar surface area (TPSA) is 106 Å². The number of aryl methyl sites for hydroxylation is 1. The van der Waals surface area contributed by atoms with Crippen molar-refractivity contribution in [1.29, 1.82) is 0 Å². The minimum absolute atomic E-state index is 0.00245. The molecule has 0 saturated heterocycles. The highest BCUT2D eigenvalue weighted by molar-refractivity contribution is 5.79. The van der Waals surface area contributed by atoms with E-state index in [1.54, 1.807) is 7.11 Å². The fraction of sp³-hybridized carbons (Fsp3) is 0.704. The summed E-state index contributed by atoms with van der Waals surface area (Å²) in [5, 5.41) is 12.4. The molecule has 3 N–H and O–H groups in total. The third kappa shape index (κ3) is 12.0. The van der Waals surface area contributed by atoms with Crippen LogP contribution in [0.2, 0.25) is 0 Å². The summed E-state index contributed by atoms with van der Waals surface area (Å²) in [6.45, 7) is 3.45. The minimum Gasteiger partial charge on any atom is -0.382 e. The van der Waals surface area contributed by atoms with E-state index in [-0.39, 0.29) is 31.3 Å². The highest BCUT2D eigenvalue weighted by atomic mass is 16.7. The molecule has 198 valence electrons. The highest BCUT2D eigenvalue weighted by Crippen LogP contribution is 2.28. The van der Waals surface area contributed by atoms with Gasteiger partial charge in [0.05, 0.1) is 25.9 Å². The van der Waals surface area contributed by atoms with Crippen LogP contribution >= 0.6 is 0 Å². The molecule has 0 radical (unpaired) electrons. The smallest absolute Gasteiger partial charge is 0.246 e. The predicted molar refractivity (Wildman–Crippen MR) is 134 cm³/mol. The fourth-order valence-corrected chi connectivity index (χ4v) is 4.62. The van der Waals surface area contributed by atoms with Crippen molar-refractivity contribution in [3.05, 3.63) is 35.9 Å². The van der Waals surface area contributed by atoms with Crippen LogP contribution < -0.4 is 10.8 Å². The Bertz CT molecular complexity index is 709. The lowest BCUT2D eigenvalue weighted by Gasteiger charge is -2.29. The van der Waals surface area contributed by atoms with Crippen molar-refractivity contribution in [2.75, 3.05) is 33.7 Å². The largest absolute Gasteiger partial charge is 0.382 e. The average Bonchev–Trinajstić information content (AvgIpc) is 2.88. The van der Waals surface area contributed by atoms with Gasteiger partial charge in [-0.2, -0.15) is 0 Å². The number of rotatable bonds is 17. The summed E-state index contributed by atoms with van der Waals surface area (Å²) in [4.78, 5) is 25.4. The number of hydroxylamine groups is 1. The Hall–Kier alpha value is -2.00. The number of carbonyl (C=O) groups is 2. The van der Waals surface area contributed by atoms with Gasteiger partial charge in [-0.3, -0.25) is 14.8 Å². The number of hydrogen-bond donors (Lipinski definition) is 3. The molecule has 1 aromatic rings. The number of nitrogens with one attached hydrogen (secondary N) is 2. The van der Waals surface area contributed by atoms with Crippen LogP contribution in [0.25, 0.3) is 0 Å². The molecule has 1 aliphatic rings. The number of unbranched alkanes of at least 4 members (excludes halogenated alkanes) is 1. The molecular formula is C27H44N2O6. The van der Waals surface area contributed by atoms with Gasteiger partial charge in [-0.25, -0.2) is 5.48 Å². The van der Waals surface area contributed by atoms with Gasteiger partial charge in [0, 0.05) is 18.9 Å². The van der Waals surface area contributed by atoms with E-state index < -0.39 is 11.8 Å². The van der Waals surface area contributed by atoms with Gasteiger partial charge in [-0.15, -0.1) is 0 Å². The van der Waals surface area contributed by atoms with E-state index in [0.29, 0.717) is 32.0 Å². The summed E-state index contributed by atoms with van der Waals surface area (Å²) in [6.07, 6.45) is 7.64. The molecule has 1 aliphatic carbocycles. The zero-order valence-corrected chi connectivity index (χ0v) is 21.4. The number of ether oxygens (including phenoxy) is 3. The summed E-state index contributed by atoms with van der Waals surface area (Å²) < 4.78 is 16.0. The first-order valence-corrected chi connectivity index (χ1v) is 13.0. The average molecular weight is 493 g/mol. The molecule has 0 aliphatic heterocycles. The van der Waals surface area contributed by atoms with Crippen molar-refractivity contribution in [1.82, 2.24) is 10.8 Å². The molecule has 1 fully saturated rings. The van der Waals surface area contributed by atoms with Gasteiger partial charge in [0.15, 0.2) is 0 Å². The van der Waals surface area contributed by atoms with Crippen LogP contribution in [0.4, 0.5) is 0 Å². The normalized spacial score (nSPS) is 19.6. The van der Waals surface area contributed by atoms with Crippen LogP contribution in [-0.2, 0) is 30.2 Å². The van der Waals surface area contributed by atoms with Crippen molar-refractivity contribution in [2.24, 2.45) is 17.8 Å². The zero-order chi connectivity index (χ0) is 25.3. The number of methoxy groups -OCH3 is 1. The number of carbonyl (C=O) groups excluding carboxylic acids is 2. The minimum atomic E-state index is -0.425. The molecule has 0 heterocycles. The standard InChI is InChI=1S/C27H44N2O6/c1-21-12-14-23(15-13-21)26(30)28-25(19-35-20-34-17-16-33-2)18-24(27(31)29-32)11-7-6-10-22-8-4-3-5-9-22/h3-5,8-9,21,23-25,32H,6-7,10-20H2,1-2H3,(H,28,30)(H,29,31)/t21-,23-,24-,25-/m0/s1. The van der Waals surface area contributed by atoms with E-state index in [9.17, 15) is 14.8 Å². The van der Waals surface area contributed by atoms with E-state index in [1.165, 1.54) is 5.56 Å². The number of hydrogen-bond acceptors (Lipinski definition) is 6. The van der Waals surface area contributed by atoms with Crippen LogP contribution in [-0.4, -0.2) is 56.8 Å². The van der Waals surface area contributed by atoms with Gasteiger partial charge in [-0.05, 0) is 62.8 Å². The Morgan fingerprint density at radius 3 is 2.49 bits per heavy atom. The maximum Gasteiger partial charge on any atom is 0.246 e. The van der Waals surface area contributed by atoms with Gasteiger partial charge in [0.1, 0.15) is 6.79 Å². The molecule has 2 rings (SSSR count). The predicted octanol–water partition coefficient (Wildman–Crippen LogP) is 3.86. The van der Waals surface area contributed by atoms with E-state index in [4.69, 9.17) is 14.2 Å². The van der Waals surface area contributed by atoms with E-state index in [1.807, 2.05) is 23.7 Å². The first-order valence-electron chi connectivity index (χ1n) is 13.0. The molecule has 0 spiro atoms. The molecule has 8 heteroatoms. The Labute approximate surface area is 210 Å². The lowest BCUT2D eigenvalue weighted by atomic mass is 9.82. The summed E-state index contributed by atoms with van der Waals surface area (Å²) >= 11 is 0.